The van der Waals surface area contributed by atoms with Crippen molar-refractivity contribution in [1.82, 2.24) is 19.9 Å². The SMILES string of the molecule is CNCc1csc(N2CCn3ccnc3C2)n1. The fraction of sp³-hybridized carbons (Fsp3) is 0.455. The zero-order chi connectivity index (χ0) is 11.7. The fourth-order valence-corrected chi connectivity index (χ4v) is 2.89. The van der Waals surface area contributed by atoms with Crippen LogP contribution in [-0.2, 0) is 19.6 Å². The third-order valence-corrected chi connectivity index (χ3v) is 3.86. The molecule has 0 atom stereocenters. The topological polar surface area (TPSA) is 46.0 Å². The largest absolute Gasteiger partial charge is 0.339 e. The Bertz CT molecular complexity index is 503. The summed E-state index contributed by atoms with van der Waals surface area (Å²) < 4.78 is 2.21. The second-order valence-corrected chi connectivity index (χ2v) is 4.95. The van der Waals surface area contributed by atoms with Gasteiger partial charge in [-0.1, -0.05) is 0 Å². The van der Waals surface area contributed by atoms with Crippen LogP contribution in [0.4, 0.5) is 5.13 Å². The minimum atomic E-state index is 0.832. The zero-order valence-electron chi connectivity index (χ0n) is 9.76. The predicted molar refractivity (Wildman–Crippen MR) is 68.2 cm³/mol. The van der Waals surface area contributed by atoms with E-state index in [1.807, 2.05) is 19.4 Å². The van der Waals surface area contributed by atoms with Gasteiger partial charge in [0, 0.05) is 37.4 Å². The maximum absolute atomic E-state index is 4.63. The Hall–Kier alpha value is -1.40. The van der Waals surface area contributed by atoms with E-state index in [9.17, 15) is 0 Å². The summed E-state index contributed by atoms with van der Waals surface area (Å²) in [6, 6.07) is 0. The lowest BCUT2D eigenvalue weighted by Crippen LogP contribution is -2.33. The first-order chi connectivity index (χ1) is 8.36. The Morgan fingerprint density at radius 2 is 2.41 bits per heavy atom. The van der Waals surface area contributed by atoms with Gasteiger partial charge in [-0.25, -0.2) is 9.97 Å². The summed E-state index contributed by atoms with van der Waals surface area (Å²) in [7, 11) is 1.94. The van der Waals surface area contributed by atoms with Gasteiger partial charge in [0.05, 0.1) is 12.2 Å². The number of anilines is 1. The van der Waals surface area contributed by atoms with Crippen molar-refractivity contribution < 1.29 is 0 Å². The van der Waals surface area contributed by atoms with Crippen molar-refractivity contribution in [2.24, 2.45) is 0 Å². The molecule has 6 heteroatoms. The molecule has 90 valence electrons. The zero-order valence-corrected chi connectivity index (χ0v) is 10.6. The molecule has 1 aliphatic rings. The number of thiazole rings is 1. The molecule has 0 saturated heterocycles. The Balaban J connectivity index is 1.77. The van der Waals surface area contributed by atoms with Crippen molar-refractivity contribution in [3.63, 3.8) is 0 Å². The van der Waals surface area contributed by atoms with Gasteiger partial charge in [0.25, 0.3) is 0 Å². The summed E-state index contributed by atoms with van der Waals surface area (Å²) in [5.74, 6) is 1.13. The smallest absolute Gasteiger partial charge is 0.186 e. The molecule has 0 unspecified atom stereocenters. The van der Waals surface area contributed by atoms with Gasteiger partial charge in [-0.05, 0) is 7.05 Å². The molecule has 0 fully saturated rings. The van der Waals surface area contributed by atoms with Gasteiger partial charge in [-0.15, -0.1) is 11.3 Å². The standard InChI is InChI=1S/C11H15N5S/c1-12-6-9-8-17-11(14-9)16-5-4-15-3-2-13-10(15)7-16/h2-3,8,12H,4-7H2,1H3. The highest BCUT2D eigenvalue weighted by atomic mass is 32.1. The molecule has 0 bridgehead atoms. The van der Waals surface area contributed by atoms with Gasteiger partial charge < -0.3 is 14.8 Å². The Kier molecular flexibility index (Phi) is 2.82. The molecule has 2 aromatic heterocycles. The van der Waals surface area contributed by atoms with E-state index in [4.69, 9.17) is 0 Å². The lowest BCUT2D eigenvalue weighted by atomic mass is 10.4. The maximum Gasteiger partial charge on any atom is 0.186 e. The molecule has 0 radical (unpaired) electrons. The van der Waals surface area contributed by atoms with E-state index in [2.05, 4.69) is 30.1 Å². The molecule has 0 spiro atoms. The van der Waals surface area contributed by atoms with Crippen LogP contribution in [0.5, 0.6) is 0 Å². The maximum atomic E-state index is 4.63. The Morgan fingerprint density at radius 3 is 3.29 bits per heavy atom. The average molecular weight is 249 g/mol. The van der Waals surface area contributed by atoms with E-state index >= 15 is 0 Å². The minimum Gasteiger partial charge on any atom is -0.339 e. The predicted octanol–water partition coefficient (Wildman–Crippen LogP) is 1.08. The van der Waals surface area contributed by atoms with Crippen LogP contribution in [0.3, 0.4) is 0 Å². The van der Waals surface area contributed by atoms with E-state index < -0.39 is 0 Å². The van der Waals surface area contributed by atoms with Crippen LogP contribution in [0.2, 0.25) is 0 Å². The number of hydrogen-bond donors (Lipinski definition) is 1. The number of hydrogen-bond acceptors (Lipinski definition) is 5. The highest BCUT2D eigenvalue weighted by Gasteiger charge is 2.18. The molecule has 2 aromatic rings. The van der Waals surface area contributed by atoms with Crippen molar-refractivity contribution in [3.8, 4) is 0 Å². The van der Waals surface area contributed by atoms with E-state index in [1.54, 1.807) is 11.3 Å². The van der Waals surface area contributed by atoms with Crippen LogP contribution < -0.4 is 10.2 Å². The molecule has 0 aliphatic carbocycles. The molecule has 0 amide bonds. The molecule has 17 heavy (non-hydrogen) atoms. The second-order valence-electron chi connectivity index (χ2n) is 4.11. The average Bonchev–Trinajstić information content (AvgIpc) is 2.96. The van der Waals surface area contributed by atoms with Crippen molar-refractivity contribution in [2.45, 2.75) is 19.6 Å². The van der Waals surface area contributed by atoms with Crippen LogP contribution in [0, 0.1) is 0 Å². The van der Waals surface area contributed by atoms with E-state index in [-0.39, 0.29) is 0 Å². The summed E-state index contributed by atoms with van der Waals surface area (Å²) in [5, 5.41) is 6.34. The van der Waals surface area contributed by atoms with Crippen LogP contribution in [0.1, 0.15) is 11.5 Å². The van der Waals surface area contributed by atoms with Gasteiger partial charge in [0.2, 0.25) is 0 Å². The number of nitrogens with zero attached hydrogens (tertiary/aromatic N) is 4. The third kappa shape index (κ3) is 2.05. The van der Waals surface area contributed by atoms with Crippen molar-refractivity contribution in [3.05, 3.63) is 29.3 Å². The normalized spacial score (nSPS) is 15.0. The molecule has 3 heterocycles. The monoisotopic (exact) mass is 249 g/mol. The van der Waals surface area contributed by atoms with Crippen LogP contribution in [0.25, 0.3) is 0 Å². The molecular weight excluding hydrogens is 234 g/mol. The van der Waals surface area contributed by atoms with Gasteiger partial charge >= 0.3 is 0 Å². The summed E-state index contributed by atoms with van der Waals surface area (Å²) in [6.07, 6.45) is 3.91. The first-order valence-corrected chi connectivity index (χ1v) is 6.59. The van der Waals surface area contributed by atoms with E-state index in [0.717, 1.165) is 42.8 Å². The first-order valence-electron chi connectivity index (χ1n) is 5.71. The summed E-state index contributed by atoms with van der Waals surface area (Å²) >= 11 is 1.71. The van der Waals surface area contributed by atoms with Gasteiger partial charge in [0.1, 0.15) is 5.82 Å². The van der Waals surface area contributed by atoms with E-state index in [0.29, 0.717) is 0 Å². The van der Waals surface area contributed by atoms with Gasteiger partial charge in [-0.2, -0.15) is 0 Å². The van der Waals surface area contributed by atoms with E-state index in [1.165, 1.54) is 0 Å². The van der Waals surface area contributed by atoms with Gasteiger partial charge in [-0.3, -0.25) is 0 Å². The van der Waals surface area contributed by atoms with Crippen molar-refractivity contribution >= 4 is 16.5 Å². The lowest BCUT2D eigenvalue weighted by Gasteiger charge is -2.27. The summed E-state index contributed by atoms with van der Waals surface area (Å²) in [6.45, 7) is 3.70. The molecule has 0 aromatic carbocycles. The van der Waals surface area contributed by atoms with Gasteiger partial charge in [0.15, 0.2) is 5.13 Å². The number of imidazole rings is 1. The lowest BCUT2D eigenvalue weighted by molar-refractivity contribution is 0.558. The van der Waals surface area contributed by atoms with Crippen molar-refractivity contribution in [1.29, 1.82) is 0 Å². The Labute approximate surface area is 104 Å². The van der Waals surface area contributed by atoms with Crippen LogP contribution in [0.15, 0.2) is 17.8 Å². The second kappa shape index (κ2) is 4.46. The number of aromatic nitrogens is 3. The molecular formula is C11H15N5S. The quantitative estimate of drug-likeness (QED) is 0.884. The molecule has 1 aliphatic heterocycles. The summed E-state index contributed by atoms with van der Waals surface area (Å²) in [5.41, 5.74) is 1.11. The van der Waals surface area contributed by atoms with Crippen molar-refractivity contribution in [2.75, 3.05) is 18.5 Å². The molecule has 1 N–H and O–H groups in total. The molecule has 0 saturated carbocycles. The van der Waals surface area contributed by atoms with Crippen LogP contribution in [-0.4, -0.2) is 28.1 Å². The fourth-order valence-electron chi connectivity index (χ4n) is 2.04. The molecule has 5 nitrogen and oxygen atoms in total. The minimum absolute atomic E-state index is 0.832. The highest BCUT2D eigenvalue weighted by molar-refractivity contribution is 7.13. The first kappa shape index (κ1) is 10.7. The molecule has 3 rings (SSSR count). The summed E-state index contributed by atoms with van der Waals surface area (Å²) in [4.78, 5) is 11.3. The Morgan fingerprint density at radius 1 is 1.47 bits per heavy atom. The number of rotatable bonds is 3. The number of fused-ring (bicyclic) bond motifs is 1. The highest BCUT2D eigenvalue weighted by Crippen LogP contribution is 2.24. The number of nitrogens with one attached hydrogen (secondary N) is 1. The van der Waals surface area contributed by atoms with Crippen LogP contribution >= 0.6 is 11.3 Å². The third-order valence-electron chi connectivity index (χ3n) is 2.91.